The number of aromatic nitrogens is 8. The number of benzene rings is 2. The molecule has 0 saturated heterocycles. The van der Waals surface area contributed by atoms with Gasteiger partial charge in [0.2, 0.25) is 0 Å². The Bertz CT molecular complexity index is 1700. The summed E-state index contributed by atoms with van der Waals surface area (Å²) < 4.78 is 9.61. The molecule has 0 atom stereocenters. The van der Waals surface area contributed by atoms with Gasteiger partial charge >= 0.3 is 0 Å². The molecule has 0 amide bonds. The number of aryl methyl sites for hydroxylation is 4. The summed E-state index contributed by atoms with van der Waals surface area (Å²) in [6, 6.07) is 12.1. The number of anilines is 2. The molecule has 6 rings (SSSR count). The fourth-order valence-electron chi connectivity index (χ4n) is 4.59. The molecule has 2 N–H and O–H groups in total. The molecule has 0 saturated carbocycles. The van der Waals surface area contributed by atoms with E-state index in [0.29, 0.717) is 17.4 Å². The van der Waals surface area contributed by atoms with Gasteiger partial charge in [0.25, 0.3) is 0 Å². The number of ether oxygens (including phenoxy) is 1. The Balaban J connectivity index is 1.59. The van der Waals surface area contributed by atoms with Gasteiger partial charge in [-0.15, -0.1) is 10.2 Å². The fourth-order valence-corrected chi connectivity index (χ4v) is 4.59. The first-order chi connectivity index (χ1) is 16.4. The molecule has 0 radical (unpaired) electrons. The van der Waals surface area contributed by atoms with E-state index < -0.39 is 0 Å². The second-order valence-corrected chi connectivity index (χ2v) is 8.28. The molecule has 0 aliphatic carbocycles. The number of fused-ring (bicyclic) bond motifs is 4. The van der Waals surface area contributed by atoms with Crippen LogP contribution >= 0.6 is 0 Å². The van der Waals surface area contributed by atoms with Crippen molar-refractivity contribution in [3.63, 3.8) is 0 Å². The summed E-state index contributed by atoms with van der Waals surface area (Å²) in [6.45, 7) is 5.72. The summed E-state index contributed by atoms with van der Waals surface area (Å²) in [5.41, 5.74) is 3.54. The van der Waals surface area contributed by atoms with Gasteiger partial charge in [-0.3, -0.25) is 9.25 Å². The predicted molar refractivity (Wildman–Crippen MR) is 131 cm³/mol. The molecule has 0 unspecified atom stereocenters. The Morgan fingerprint density at radius 1 is 0.941 bits per heavy atom. The van der Waals surface area contributed by atoms with E-state index >= 15 is 0 Å². The number of hydrogen-bond acceptors (Lipinski definition) is 7. The topological polar surface area (TPSA) is 111 Å². The van der Waals surface area contributed by atoms with Crippen LogP contribution in [0, 0.1) is 20.8 Å². The van der Waals surface area contributed by atoms with Crippen molar-refractivity contribution in [2.45, 2.75) is 20.8 Å². The van der Waals surface area contributed by atoms with Crippen LogP contribution in [0.15, 0.2) is 36.4 Å². The molecular weight excluding hydrogens is 430 g/mol. The zero-order chi connectivity index (χ0) is 23.6. The van der Waals surface area contributed by atoms with Crippen LogP contribution in [0.4, 0.5) is 11.6 Å². The molecule has 170 valence electrons. The molecule has 2 aromatic carbocycles. The average Bonchev–Trinajstić information content (AvgIpc) is 3.45. The van der Waals surface area contributed by atoms with Crippen molar-refractivity contribution in [2.24, 2.45) is 7.05 Å². The van der Waals surface area contributed by atoms with E-state index in [2.05, 4.69) is 30.6 Å². The number of aromatic amines is 1. The minimum absolute atomic E-state index is 0.652. The number of rotatable bonds is 4. The summed E-state index contributed by atoms with van der Waals surface area (Å²) in [6.07, 6.45) is 0. The third-order valence-electron chi connectivity index (χ3n) is 6.08. The van der Waals surface area contributed by atoms with E-state index in [-0.39, 0.29) is 0 Å². The van der Waals surface area contributed by atoms with Gasteiger partial charge in [-0.05, 0) is 45.0 Å². The number of para-hydroxylation sites is 1. The third-order valence-corrected chi connectivity index (χ3v) is 6.08. The highest BCUT2D eigenvalue weighted by atomic mass is 16.5. The Kier molecular flexibility index (Phi) is 4.31. The second-order valence-electron chi connectivity index (χ2n) is 8.28. The monoisotopic (exact) mass is 453 g/mol. The van der Waals surface area contributed by atoms with Crippen molar-refractivity contribution in [3.8, 4) is 11.4 Å². The van der Waals surface area contributed by atoms with Crippen molar-refractivity contribution in [1.82, 2.24) is 39.5 Å². The van der Waals surface area contributed by atoms with Crippen molar-refractivity contribution in [1.29, 1.82) is 0 Å². The first-order valence-corrected chi connectivity index (χ1v) is 10.9. The van der Waals surface area contributed by atoms with Crippen LogP contribution in [0.3, 0.4) is 0 Å². The first kappa shape index (κ1) is 20.2. The summed E-state index contributed by atoms with van der Waals surface area (Å²) in [4.78, 5) is 12.8. The Morgan fingerprint density at radius 2 is 1.71 bits per heavy atom. The molecule has 10 heteroatoms. The van der Waals surface area contributed by atoms with Gasteiger partial charge in [0, 0.05) is 17.8 Å². The number of H-pyrrole nitrogens is 1. The second kappa shape index (κ2) is 7.27. The quantitative estimate of drug-likeness (QED) is 0.410. The van der Waals surface area contributed by atoms with Crippen LogP contribution in [0.1, 0.15) is 17.5 Å². The zero-order valence-electron chi connectivity index (χ0n) is 19.5. The van der Waals surface area contributed by atoms with E-state index in [1.165, 1.54) is 0 Å². The third kappa shape index (κ3) is 2.92. The molecule has 0 fully saturated rings. The summed E-state index contributed by atoms with van der Waals surface area (Å²) >= 11 is 0. The van der Waals surface area contributed by atoms with E-state index in [0.717, 1.165) is 56.0 Å². The average molecular weight is 454 g/mol. The van der Waals surface area contributed by atoms with Gasteiger partial charge < -0.3 is 15.0 Å². The van der Waals surface area contributed by atoms with Crippen LogP contribution in [-0.2, 0) is 7.05 Å². The lowest BCUT2D eigenvalue weighted by atomic mass is 10.1. The lowest BCUT2D eigenvalue weighted by Crippen LogP contribution is -2.02. The van der Waals surface area contributed by atoms with Gasteiger partial charge in [-0.2, -0.15) is 5.10 Å². The largest absolute Gasteiger partial charge is 0.495 e. The number of nitrogens with zero attached hydrogens (tertiary/aromatic N) is 7. The number of hydrogen-bond donors (Lipinski definition) is 2. The normalized spacial score (nSPS) is 11.7. The lowest BCUT2D eigenvalue weighted by molar-refractivity contribution is 0.413. The van der Waals surface area contributed by atoms with Crippen LogP contribution < -0.4 is 10.1 Å². The molecule has 6 aromatic rings. The maximum atomic E-state index is 5.78. The van der Waals surface area contributed by atoms with E-state index in [1.54, 1.807) is 7.11 Å². The van der Waals surface area contributed by atoms with Crippen molar-refractivity contribution < 1.29 is 4.74 Å². The highest BCUT2D eigenvalue weighted by Gasteiger charge is 2.20. The SMILES string of the molecule is COc1cc2c(cc1-n1c(C)nnc1C)[nH]c1nc(C)nc(Nc3nn(C)c4ccccc34)c12. The van der Waals surface area contributed by atoms with Crippen LogP contribution in [0.25, 0.3) is 38.5 Å². The highest BCUT2D eigenvalue weighted by Crippen LogP contribution is 2.37. The van der Waals surface area contributed by atoms with Crippen molar-refractivity contribution in [2.75, 3.05) is 12.4 Å². The minimum atomic E-state index is 0.652. The molecular formula is C24H23N9O. The predicted octanol–water partition coefficient (Wildman–Crippen LogP) is 4.26. The summed E-state index contributed by atoms with van der Waals surface area (Å²) in [5, 5.41) is 19.4. The molecule has 4 heterocycles. The minimum Gasteiger partial charge on any atom is -0.495 e. The fraction of sp³-hybridized carbons (Fsp3) is 0.208. The van der Waals surface area contributed by atoms with E-state index in [1.807, 2.05) is 73.5 Å². The van der Waals surface area contributed by atoms with Crippen LogP contribution in [-0.4, -0.2) is 46.6 Å². The van der Waals surface area contributed by atoms with Crippen molar-refractivity contribution in [3.05, 3.63) is 53.9 Å². The van der Waals surface area contributed by atoms with E-state index in [9.17, 15) is 0 Å². The summed E-state index contributed by atoms with van der Waals surface area (Å²) in [7, 11) is 3.59. The Labute approximate surface area is 194 Å². The van der Waals surface area contributed by atoms with Gasteiger partial charge in [0.15, 0.2) is 5.82 Å². The number of methoxy groups -OCH3 is 1. The highest BCUT2D eigenvalue weighted by molar-refractivity contribution is 6.13. The maximum Gasteiger partial charge on any atom is 0.161 e. The van der Waals surface area contributed by atoms with Gasteiger partial charge in [0.1, 0.15) is 34.7 Å². The standard InChI is InChI=1S/C24H23N9O/c1-12-25-23-21(24(26-12)28-22-15-8-6-7-9-18(15)32(4)31-22)16-10-20(34-5)19(11-17(16)27-23)33-13(2)29-30-14(33)3/h6-11H,1-5H3,(H2,25,26,27,28,31). The Morgan fingerprint density at radius 3 is 2.47 bits per heavy atom. The molecule has 0 spiro atoms. The lowest BCUT2D eigenvalue weighted by Gasteiger charge is -2.12. The van der Waals surface area contributed by atoms with Gasteiger partial charge in [0.05, 0.1) is 29.2 Å². The smallest absolute Gasteiger partial charge is 0.161 e. The number of nitrogens with one attached hydrogen (secondary N) is 2. The zero-order valence-corrected chi connectivity index (χ0v) is 19.5. The molecule has 34 heavy (non-hydrogen) atoms. The van der Waals surface area contributed by atoms with Gasteiger partial charge in [-0.1, -0.05) is 12.1 Å². The molecule has 10 nitrogen and oxygen atoms in total. The molecule has 4 aromatic heterocycles. The Hall–Kier alpha value is -4.47. The van der Waals surface area contributed by atoms with Crippen LogP contribution in [0.5, 0.6) is 5.75 Å². The molecule has 0 aliphatic rings. The summed E-state index contributed by atoms with van der Waals surface area (Å²) in [5.74, 6) is 4.35. The van der Waals surface area contributed by atoms with Crippen molar-refractivity contribution >= 4 is 44.5 Å². The van der Waals surface area contributed by atoms with Gasteiger partial charge in [-0.25, -0.2) is 9.97 Å². The maximum absolute atomic E-state index is 5.78. The van der Waals surface area contributed by atoms with E-state index in [4.69, 9.17) is 9.72 Å². The first-order valence-electron chi connectivity index (χ1n) is 10.9. The van der Waals surface area contributed by atoms with Crippen LogP contribution in [0.2, 0.25) is 0 Å². The molecule has 0 aliphatic heterocycles. The molecule has 0 bridgehead atoms.